The fourth-order valence-electron chi connectivity index (χ4n) is 2.85. The Bertz CT molecular complexity index is 960. The molecule has 3 aromatic heterocycles. The molecule has 0 aliphatic rings. The summed E-state index contributed by atoms with van der Waals surface area (Å²) in [7, 11) is 0. The van der Waals surface area contributed by atoms with Gasteiger partial charge in [0.1, 0.15) is 9.71 Å². The van der Waals surface area contributed by atoms with Crippen LogP contribution in [0.5, 0.6) is 0 Å². The SMILES string of the molecule is CCCCOC(=O)COC(=O)c1sc2nc(C)cc(C)c2c1-n1cccc1. The number of thiophene rings is 1. The lowest BCUT2D eigenvalue weighted by molar-refractivity contribution is -0.147. The molecular formula is C20H22N2O4S. The molecule has 0 aliphatic heterocycles. The number of esters is 2. The maximum atomic E-state index is 12.7. The van der Waals surface area contributed by atoms with Crippen LogP contribution in [0.15, 0.2) is 30.6 Å². The highest BCUT2D eigenvalue weighted by molar-refractivity contribution is 7.21. The highest BCUT2D eigenvalue weighted by Crippen LogP contribution is 2.36. The summed E-state index contributed by atoms with van der Waals surface area (Å²) >= 11 is 1.27. The highest BCUT2D eigenvalue weighted by atomic mass is 32.1. The first-order valence-corrected chi connectivity index (χ1v) is 9.69. The summed E-state index contributed by atoms with van der Waals surface area (Å²) in [6, 6.07) is 5.77. The van der Waals surface area contributed by atoms with Crippen LogP contribution < -0.4 is 0 Å². The van der Waals surface area contributed by atoms with Crippen molar-refractivity contribution >= 4 is 33.5 Å². The maximum absolute atomic E-state index is 12.7. The number of carbonyl (C=O) groups is 2. The van der Waals surface area contributed by atoms with Gasteiger partial charge in [0.15, 0.2) is 6.61 Å². The lowest BCUT2D eigenvalue weighted by Gasteiger charge is -2.08. The van der Waals surface area contributed by atoms with Crippen molar-refractivity contribution < 1.29 is 19.1 Å². The Balaban J connectivity index is 1.89. The van der Waals surface area contributed by atoms with Crippen LogP contribution in [0.25, 0.3) is 15.9 Å². The first-order chi connectivity index (χ1) is 13.0. The number of pyridine rings is 1. The topological polar surface area (TPSA) is 70.4 Å². The van der Waals surface area contributed by atoms with Crippen molar-refractivity contribution in [2.24, 2.45) is 0 Å². The minimum atomic E-state index is -0.550. The fraction of sp³-hybridized carbons (Fsp3) is 0.350. The molecule has 0 atom stereocenters. The largest absolute Gasteiger partial charge is 0.463 e. The molecule has 0 unspecified atom stereocenters. The van der Waals surface area contributed by atoms with E-state index in [-0.39, 0.29) is 0 Å². The molecule has 0 radical (unpaired) electrons. The number of aryl methyl sites for hydroxylation is 2. The molecule has 3 heterocycles. The molecule has 6 nitrogen and oxygen atoms in total. The van der Waals surface area contributed by atoms with E-state index in [9.17, 15) is 9.59 Å². The molecule has 27 heavy (non-hydrogen) atoms. The van der Waals surface area contributed by atoms with Gasteiger partial charge in [0.2, 0.25) is 0 Å². The van der Waals surface area contributed by atoms with Crippen LogP contribution in [-0.4, -0.2) is 34.7 Å². The Kier molecular flexibility index (Phi) is 5.91. The Morgan fingerprint density at radius 3 is 2.63 bits per heavy atom. The lowest BCUT2D eigenvalue weighted by atomic mass is 10.1. The highest BCUT2D eigenvalue weighted by Gasteiger charge is 2.24. The van der Waals surface area contributed by atoms with Gasteiger partial charge in [-0.2, -0.15) is 0 Å². The van der Waals surface area contributed by atoms with E-state index in [1.54, 1.807) is 0 Å². The predicted octanol–water partition coefficient (Wildman–Crippen LogP) is 4.20. The summed E-state index contributed by atoms with van der Waals surface area (Å²) in [6.45, 7) is 5.87. The van der Waals surface area contributed by atoms with Crippen molar-refractivity contribution in [2.45, 2.75) is 33.6 Å². The number of hydrogen-bond acceptors (Lipinski definition) is 6. The molecule has 7 heteroatoms. The van der Waals surface area contributed by atoms with E-state index in [1.165, 1.54) is 11.3 Å². The number of ether oxygens (including phenoxy) is 2. The molecule has 142 valence electrons. The summed E-state index contributed by atoms with van der Waals surface area (Å²) in [6.07, 6.45) is 5.46. The molecule has 0 aromatic carbocycles. The second-order valence-corrected chi connectivity index (χ2v) is 7.28. The first-order valence-electron chi connectivity index (χ1n) is 8.88. The third-order valence-corrected chi connectivity index (χ3v) is 5.15. The van der Waals surface area contributed by atoms with Crippen molar-refractivity contribution in [3.05, 3.63) is 46.7 Å². The van der Waals surface area contributed by atoms with E-state index in [4.69, 9.17) is 9.47 Å². The van der Waals surface area contributed by atoms with Gasteiger partial charge >= 0.3 is 11.9 Å². The van der Waals surface area contributed by atoms with Gasteiger partial charge in [-0.05, 0) is 44.0 Å². The van der Waals surface area contributed by atoms with Crippen LogP contribution in [0, 0.1) is 13.8 Å². The van der Waals surface area contributed by atoms with Gasteiger partial charge in [-0.3, -0.25) is 0 Å². The standard InChI is InChI=1S/C20H22N2O4S/c1-4-5-10-25-15(23)12-26-20(24)18-17(22-8-6-7-9-22)16-13(2)11-14(3)21-19(16)27-18/h6-9,11H,4-5,10,12H2,1-3H3. The van der Waals surface area contributed by atoms with Gasteiger partial charge in [0, 0.05) is 23.5 Å². The van der Waals surface area contributed by atoms with Gasteiger partial charge in [0.05, 0.1) is 12.3 Å². The first kappa shape index (κ1) is 19.1. The number of unbranched alkanes of at least 4 members (excludes halogenated alkanes) is 1. The Hall–Kier alpha value is -2.67. The molecule has 0 fully saturated rings. The van der Waals surface area contributed by atoms with Crippen molar-refractivity contribution in [2.75, 3.05) is 13.2 Å². The van der Waals surface area contributed by atoms with E-state index in [0.717, 1.165) is 40.0 Å². The van der Waals surface area contributed by atoms with E-state index in [1.807, 2.05) is 55.9 Å². The molecule has 0 saturated carbocycles. The van der Waals surface area contributed by atoms with Crippen LogP contribution in [0.1, 0.15) is 40.7 Å². The van der Waals surface area contributed by atoms with Crippen LogP contribution in [0.4, 0.5) is 0 Å². The Morgan fingerprint density at radius 1 is 1.19 bits per heavy atom. The number of aromatic nitrogens is 2. The molecule has 0 spiro atoms. The van der Waals surface area contributed by atoms with Crippen LogP contribution in [-0.2, 0) is 14.3 Å². The Morgan fingerprint density at radius 2 is 1.93 bits per heavy atom. The summed E-state index contributed by atoms with van der Waals surface area (Å²) in [4.78, 5) is 30.2. The van der Waals surface area contributed by atoms with Crippen LogP contribution in [0.2, 0.25) is 0 Å². The molecule has 0 aliphatic carbocycles. The molecule has 0 bridgehead atoms. The van der Waals surface area contributed by atoms with Crippen molar-refractivity contribution in [1.29, 1.82) is 0 Å². The second kappa shape index (κ2) is 8.35. The monoisotopic (exact) mass is 386 g/mol. The molecule has 0 N–H and O–H groups in total. The lowest BCUT2D eigenvalue weighted by Crippen LogP contribution is -2.17. The predicted molar refractivity (Wildman–Crippen MR) is 105 cm³/mol. The van der Waals surface area contributed by atoms with E-state index >= 15 is 0 Å². The zero-order chi connectivity index (χ0) is 19.4. The summed E-state index contributed by atoms with van der Waals surface area (Å²) in [5.41, 5.74) is 2.66. The van der Waals surface area contributed by atoms with Gasteiger partial charge in [-0.25, -0.2) is 14.6 Å². The number of fused-ring (bicyclic) bond motifs is 1. The van der Waals surface area contributed by atoms with Crippen molar-refractivity contribution in [1.82, 2.24) is 9.55 Å². The third-order valence-electron chi connectivity index (χ3n) is 4.09. The quantitative estimate of drug-likeness (QED) is 0.449. The van der Waals surface area contributed by atoms with Gasteiger partial charge in [-0.15, -0.1) is 11.3 Å². The molecule has 3 aromatic rings. The van der Waals surface area contributed by atoms with Gasteiger partial charge < -0.3 is 14.0 Å². The molecule has 0 amide bonds. The number of nitrogens with zero attached hydrogens (tertiary/aromatic N) is 2. The average Bonchev–Trinajstić information content (AvgIpc) is 3.27. The van der Waals surface area contributed by atoms with Gasteiger partial charge in [0.25, 0.3) is 0 Å². The molecule has 0 saturated heterocycles. The number of carbonyl (C=O) groups excluding carboxylic acids is 2. The Labute approximate surface area is 161 Å². The normalized spacial score (nSPS) is 10.9. The zero-order valence-electron chi connectivity index (χ0n) is 15.7. The fourth-order valence-corrected chi connectivity index (χ4v) is 4.04. The third kappa shape index (κ3) is 4.19. The maximum Gasteiger partial charge on any atom is 0.351 e. The number of hydrogen-bond donors (Lipinski definition) is 0. The summed E-state index contributed by atoms with van der Waals surface area (Å²) in [5, 5.41) is 0.916. The van der Waals surface area contributed by atoms with E-state index in [0.29, 0.717) is 11.5 Å². The van der Waals surface area contributed by atoms with Crippen LogP contribution in [0.3, 0.4) is 0 Å². The molecular weight excluding hydrogens is 364 g/mol. The van der Waals surface area contributed by atoms with Crippen LogP contribution >= 0.6 is 11.3 Å². The summed E-state index contributed by atoms with van der Waals surface area (Å²) in [5.74, 6) is -1.09. The average molecular weight is 386 g/mol. The number of rotatable bonds is 7. The zero-order valence-corrected chi connectivity index (χ0v) is 16.5. The van der Waals surface area contributed by atoms with E-state index < -0.39 is 18.5 Å². The van der Waals surface area contributed by atoms with Crippen molar-refractivity contribution in [3.63, 3.8) is 0 Å². The minimum absolute atomic E-state index is 0.340. The smallest absolute Gasteiger partial charge is 0.351 e. The minimum Gasteiger partial charge on any atom is -0.463 e. The molecule has 3 rings (SSSR count). The summed E-state index contributed by atoms with van der Waals surface area (Å²) < 4.78 is 12.1. The second-order valence-electron chi connectivity index (χ2n) is 6.28. The van der Waals surface area contributed by atoms with Gasteiger partial charge in [-0.1, -0.05) is 13.3 Å². The van der Waals surface area contributed by atoms with Crippen molar-refractivity contribution in [3.8, 4) is 5.69 Å². The van der Waals surface area contributed by atoms with E-state index in [2.05, 4.69) is 4.98 Å².